The van der Waals surface area contributed by atoms with Crippen molar-refractivity contribution in [3.8, 4) is 11.8 Å². The van der Waals surface area contributed by atoms with Gasteiger partial charge >= 0.3 is 0 Å². The topological polar surface area (TPSA) is 83.5 Å². The van der Waals surface area contributed by atoms with Gasteiger partial charge in [-0.25, -0.2) is 13.1 Å². The average Bonchev–Trinajstić information content (AvgIpc) is 2.35. The van der Waals surface area contributed by atoms with Crippen molar-refractivity contribution in [2.24, 2.45) is 0 Å². The summed E-state index contributed by atoms with van der Waals surface area (Å²) in [6, 6.07) is 5.71. The van der Waals surface area contributed by atoms with Crippen LogP contribution in [0, 0.1) is 11.8 Å². The predicted octanol–water partition coefficient (Wildman–Crippen LogP) is 0.0757. The second kappa shape index (κ2) is 7.55. The third kappa shape index (κ3) is 5.43. The van der Waals surface area contributed by atoms with Gasteiger partial charge in [0.05, 0.1) is 4.90 Å². The van der Waals surface area contributed by atoms with Gasteiger partial charge in [-0.15, -0.1) is 0 Å². The lowest BCUT2D eigenvalue weighted by molar-refractivity contribution is 0.350. The molecule has 20 heavy (non-hydrogen) atoms. The number of aliphatic hydroxyl groups is 1. The van der Waals surface area contributed by atoms with Gasteiger partial charge in [-0.05, 0) is 25.1 Å². The molecule has 0 aliphatic heterocycles. The third-order valence-corrected chi connectivity index (χ3v) is 4.85. The average molecular weight is 315 g/mol. The van der Waals surface area contributed by atoms with Crippen molar-refractivity contribution < 1.29 is 17.7 Å². The molecule has 0 aromatic heterocycles. The van der Waals surface area contributed by atoms with Gasteiger partial charge in [0.2, 0.25) is 10.0 Å². The van der Waals surface area contributed by atoms with E-state index in [2.05, 4.69) is 16.6 Å². The van der Waals surface area contributed by atoms with Gasteiger partial charge in [-0.3, -0.25) is 4.21 Å². The number of sulfonamides is 1. The van der Waals surface area contributed by atoms with Crippen LogP contribution in [-0.4, -0.2) is 42.4 Å². The zero-order valence-corrected chi connectivity index (χ0v) is 12.9. The number of rotatable bonds is 5. The molecule has 7 heteroatoms. The minimum absolute atomic E-state index is 0.0935. The van der Waals surface area contributed by atoms with Crippen LogP contribution in [0.1, 0.15) is 12.5 Å². The smallest absolute Gasteiger partial charge is 0.240 e. The third-order valence-electron chi connectivity index (χ3n) is 2.30. The molecule has 5 nitrogen and oxygen atoms in total. The SMILES string of the molecule is CC(CS(C)=O)NS(=O)(=O)c1cccc(C#CCO)c1. The van der Waals surface area contributed by atoms with E-state index in [1.807, 2.05) is 0 Å². The summed E-state index contributed by atoms with van der Waals surface area (Å²) >= 11 is 0. The molecule has 0 amide bonds. The maximum absolute atomic E-state index is 12.1. The lowest BCUT2D eigenvalue weighted by atomic mass is 10.2. The van der Waals surface area contributed by atoms with Gasteiger partial charge < -0.3 is 5.11 Å². The second-order valence-corrected chi connectivity index (χ2v) is 7.44. The Hall–Kier alpha value is -1.20. The van der Waals surface area contributed by atoms with Crippen LogP contribution in [-0.2, 0) is 20.8 Å². The summed E-state index contributed by atoms with van der Waals surface area (Å²) in [6.07, 6.45) is 1.52. The lowest BCUT2D eigenvalue weighted by Gasteiger charge is -2.13. The number of benzene rings is 1. The van der Waals surface area contributed by atoms with Gasteiger partial charge in [-0.2, -0.15) is 0 Å². The van der Waals surface area contributed by atoms with Crippen molar-refractivity contribution in [3.63, 3.8) is 0 Å². The molecule has 0 bridgehead atoms. The highest BCUT2D eigenvalue weighted by molar-refractivity contribution is 7.89. The summed E-state index contributed by atoms with van der Waals surface area (Å²) in [6.45, 7) is 1.38. The first-order valence-electron chi connectivity index (χ1n) is 5.87. The molecular formula is C13H17NO4S2. The molecule has 0 heterocycles. The summed E-state index contributed by atoms with van der Waals surface area (Å²) in [5.74, 6) is 5.36. The highest BCUT2D eigenvalue weighted by Gasteiger charge is 2.18. The van der Waals surface area contributed by atoms with Crippen LogP contribution >= 0.6 is 0 Å². The van der Waals surface area contributed by atoms with Crippen molar-refractivity contribution in [1.82, 2.24) is 4.72 Å². The number of aliphatic hydroxyl groups excluding tert-OH is 1. The van der Waals surface area contributed by atoms with E-state index in [4.69, 9.17) is 5.11 Å². The van der Waals surface area contributed by atoms with E-state index in [1.54, 1.807) is 19.1 Å². The Kier molecular flexibility index (Phi) is 6.36. The standard InChI is InChI=1S/C13H17NO4S2/c1-11(10-19(2)16)14-20(17,18)13-7-3-5-12(9-13)6-4-8-15/h3,5,7,9,11,14-15H,8,10H2,1-2H3. The Morgan fingerprint density at radius 2 is 2.15 bits per heavy atom. The van der Waals surface area contributed by atoms with Crippen LogP contribution in [0.5, 0.6) is 0 Å². The van der Waals surface area contributed by atoms with Crippen LogP contribution in [0.4, 0.5) is 0 Å². The summed E-state index contributed by atoms with van der Waals surface area (Å²) < 4.78 is 37.8. The molecule has 1 aromatic carbocycles. The Bertz CT molecular complexity index is 644. The minimum atomic E-state index is -3.67. The number of hydrogen-bond acceptors (Lipinski definition) is 4. The van der Waals surface area contributed by atoms with Crippen molar-refractivity contribution in [2.45, 2.75) is 17.9 Å². The summed E-state index contributed by atoms with van der Waals surface area (Å²) in [5.41, 5.74) is 0.508. The first-order valence-corrected chi connectivity index (χ1v) is 9.08. The maximum Gasteiger partial charge on any atom is 0.240 e. The van der Waals surface area contributed by atoms with Crippen molar-refractivity contribution in [3.05, 3.63) is 29.8 Å². The Morgan fingerprint density at radius 1 is 1.45 bits per heavy atom. The van der Waals surface area contributed by atoms with Crippen LogP contribution in [0.2, 0.25) is 0 Å². The quantitative estimate of drug-likeness (QED) is 0.754. The van der Waals surface area contributed by atoms with Gasteiger partial charge in [0.25, 0.3) is 0 Å². The lowest BCUT2D eigenvalue weighted by Crippen LogP contribution is -2.36. The number of hydrogen-bond donors (Lipinski definition) is 2. The molecule has 0 fully saturated rings. The Morgan fingerprint density at radius 3 is 2.75 bits per heavy atom. The van der Waals surface area contributed by atoms with Crippen molar-refractivity contribution >= 4 is 20.8 Å². The molecule has 0 radical (unpaired) electrons. The fourth-order valence-electron chi connectivity index (χ4n) is 1.60. The molecule has 2 atom stereocenters. The van der Waals surface area contributed by atoms with E-state index in [-0.39, 0.29) is 17.3 Å². The summed E-state index contributed by atoms with van der Waals surface area (Å²) in [4.78, 5) is 0.0935. The molecule has 2 unspecified atom stereocenters. The minimum Gasteiger partial charge on any atom is -0.384 e. The fraction of sp³-hybridized carbons (Fsp3) is 0.385. The molecule has 0 aliphatic carbocycles. The molecule has 0 saturated carbocycles. The van der Waals surface area contributed by atoms with E-state index in [9.17, 15) is 12.6 Å². The van der Waals surface area contributed by atoms with Crippen LogP contribution in [0.25, 0.3) is 0 Å². The molecular weight excluding hydrogens is 298 g/mol. The van der Waals surface area contributed by atoms with E-state index in [1.165, 1.54) is 18.4 Å². The molecule has 0 spiro atoms. The highest BCUT2D eigenvalue weighted by atomic mass is 32.2. The summed E-state index contributed by atoms with van der Waals surface area (Å²) in [7, 11) is -4.74. The molecule has 0 saturated heterocycles. The first-order chi connectivity index (χ1) is 9.35. The normalized spacial score (nSPS) is 14.2. The molecule has 2 N–H and O–H groups in total. The summed E-state index contributed by atoms with van der Waals surface area (Å²) in [5, 5.41) is 8.63. The monoisotopic (exact) mass is 315 g/mol. The van der Waals surface area contributed by atoms with Crippen molar-refractivity contribution in [1.29, 1.82) is 0 Å². The molecule has 1 rings (SSSR count). The fourth-order valence-corrected chi connectivity index (χ4v) is 3.78. The number of nitrogens with one attached hydrogen (secondary N) is 1. The highest BCUT2D eigenvalue weighted by Crippen LogP contribution is 2.11. The van der Waals surface area contributed by atoms with Crippen LogP contribution < -0.4 is 4.72 Å². The van der Waals surface area contributed by atoms with Gasteiger partial charge in [-0.1, -0.05) is 17.9 Å². The van der Waals surface area contributed by atoms with E-state index in [0.29, 0.717) is 5.56 Å². The van der Waals surface area contributed by atoms with Gasteiger partial charge in [0.15, 0.2) is 0 Å². The zero-order valence-electron chi connectivity index (χ0n) is 11.3. The Balaban J connectivity index is 2.95. The van der Waals surface area contributed by atoms with Crippen LogP contribution in [0.15, 0.2) is 29.2 Å². The van der Waals surface area contributed by atoms with Gasteiger partial charge in [0, 0.05) is 34.4 Å². The predicted molar refractivity (Wildman–Crippen MR) is 79.1 cm³/mol. The largest absolute Gasteiger partial charge is 0.384 e. The van der Waals surface area contributed by atoms with Gasteiger partial charge in [0.1, 0.15) is 6.61 Å². The molecule has 1 aromatic rings. The Labute approximate surface area is 121 Å². The van der Waals surface area contributed by atoms with Crippen LogP contribution in [0.3, 0.4) is 0 Å². The first kappa shape index (κ1) is 16.9. The van der Waals surface area contributed by atoms with E-state index >= 15 is 0 Å². The molecule has 0 aliphatic rings. The van der Waals surface area contributed by atoms with E-state index in [0.717, 1.165) is 0 Å². The molecule has 110 valence electrons. The van der Waals surface area contributed by atoms with E-state index < -0.39 is 26.9 Å². The maximum atomic E-state index is 12.1. The zero-order chi connectivity index (χ0) is 15.2. The van der Waals surface area contributed by atoms with Crippen molar-refractivity contribution in [2.75, 3.05) is 18.6 Å². The second-order valence-electron chi connectivity index (χ2n) is 4.25.